The molecular formula is C23H23FN6O4. The monoisotopic (exact) mass is 466 g/mol. The molecule has 2 heterocycles. The number of aromatic hydroxyl groups is 1. The molecule has 0 spiro atoms. The number of anilines is 5. The summed E-state index contributed by atoms with van der Waals surface area (Å²) in [6, 6.07) is 8.10. The summed E-state index contributed by atoms with van der Waals surface area (Å²) >= 11 is 0. The van der Waals surface area contributed by atoms with Gasteiger partial charge in [-0.3, -0.25) is 9.59 Å². The highest BCUT2D eigenvalue weighted by atomic mass is 19.1. The number of rotatable bonds is 6. The third-order valence-corrected chi connectivity index (χ3v) is 5.32. The first-order chi connectivity index (χ1) is 16.3. The first-order valence-electron chi connectivity index (χ1n) is 10.4. The number of hydrogen-bond donors (Lipinski definition) is 7. The molecule has 0 bridgehead atoms. The molecule has 1 atom stereocenters. The number of aliphatic hydroxyl groups excluding tert-OH is 1. The summed E-state index contributed by atoms with van der Waals surface area (Å²) in [6.07, 6.45) is 1.46. The summed E-state index contributed by atoms with van der Waals surface area (Å²) in [4.78, 5) is 29.2. The molecule has 10 nitrogen and oxygen atoms in total. The van der Waals surface area contributed by atoms with Crippen LogP contribution < -0.4 is 27.0 Å². The van der Waals surface area contributed by atoms with E-state index in [1.165, 1.54) is 24.4 Å². The van der Waals surface area contributed by atoms with Gasteiger partial charge in [0.1, 0.15) is 29.0 Å². The van der Waals surface area contributed by atoms with Crippen LogP contribution in [0.1, 0.15) is 21.5 Å². The summed E-state index contributed by atoms with van der Waals surface area (Å²) in [5, 5.41) is 30.3. The summed E-state index contributed by atoms with van der Waals surface area (Å²) in [6.45, 7) is 1.25. The van der Waals surface area contributed by atoms with Gasteiger partial charge in [-0.05, 0) is 42.3 Å². The average Bonchev–Trinajstić information content (AvgIpc) is 2.96. The van der Waals surface area contributed by atoms with E-state index in [9.17, 15) is 19.1 Å². The lowest BCUT2D eigenvalue weighted by atomic mass is 10.1. The molecule has 0 unspecified atom stereocenters. The summed E-state index contributed by atoms with van der Waals surface area (Å²) in [5.41, 5.74) is 8.03. The lowest BCUT2D eigenvalue weighted by molar-refractivity contribution is -0.123. The number of nitrogens with one attached hydrogen (secondary N) is 4. The highest BCUT2D eigenvalue weighted by molar-refractivity contribution is 6.15. The molecule has 1 aliphatic rings. The van der Waals surface area contributed by atoms with Gasteiger partial charge in [-0.25, -0.2) is 9.37 Å². The number of nitrogens with zero attached hydrogens (tertiary/aromatic N) is 1. The third-order valence-electron chi connectivity index (χ3n) is 5.32. The van der Waals surface area contributed by atoms with Crippen LogP contribution in [0.25, 0.3) is 0 Å². The number of fused-ring (bicyclic) bond motifs is 2. The first kappa shape index (κ1) is 23.0. The Kier molecular flexibility index (Phi) is 6.30. The van der Waals surface area contributed by atoms with Crippen molar-refractivity contribution in [2.75, 3.05) is 22.6 Å². The van der Waals surface area contributed by atoms with E-state index in [0.29, 0.717) is 22.5 Å². The second kappa shape index (κ2) is 9.33. The number of carbonyl (C=O) groups excluding carboxylic acids is 2. The number of aliphatic hydroxyl groups is 1. The number of phenols is 1. The van der Waals surface area contributed by atoms with Gasteiger partial charge in [-0.1, -0.05) is 6.07 Å². The summed E-state index contributed by atoms with van der Waals surface area (Å²) in [7, 11) is 0. The minimum Gasteiger partial charge on any atom is -0.508 e. The van der Waals surface area contributed by atoms with Crippen molar-refractivity contribution in [2.24, 2.45) is 5.73 Å². The number of aryl methyl sites for hydroxylation is 1. The predicted molar refractivity (Wildman–Crippen MR) is 125 cm³/mol. The number of carbonyl (C=O) groups is 2. The lowest BCUT2D eigenvalue weighted by Gasteiger charge is -2.14. The molecule has 4 rings (SSSR count). The van der Waals surface area contributed by atoms with Crippen LogP contribution in [-0.2, 0) is 11.3 Å². The maximum absolute atomic E-state index is 14.4. The maximum Gasteiger partial charge on any atom is 0.261 e. The van der Waals surface area contributed by atoms with Crippen LogP contribution in [0.3, 0.4) is 0 Å². The molecule has 0 saturated carbocycles. The molecule has 0 radical (unpaired) electrons. The van der Waals surface area contributed by atoms with E-state index in [0.717, 1.165) is 0 Å². The van der Waals surface area contributed by atoms with Gasteiger partial charge in [0.25, 0.3) is 5.91 Å². The van der Waals surface area contributed by atoms with E-state index in [-0.39, 0.29) is 35.1 Å². The zero-order valence-electron chi connectivity index (χ0n) is 18.1. The van der Waals surface area contributed by atoms with Crippen LogP contribution in [0.2, 0.25) is 0 Å². The van der Waals surface area contributed by atoms with Crippen molar-refractivity contribution < 1.29 is 24.2 Å². The van der Waals surface area contributed by atoms with Crippen molar-refractivity contribution >= 4 is 40.4 Å². The van der Waals surface area contributed by atoms with E-state index in [1.54, 1.807) is 25.1 Å². The zero-order chi connectivity index (χ0) is 24.4. The smallest absolute Gasteiger partial charge is 0.261 e. The molecule has 2 amide bonds. The summed E-state index contributed by atoms with van der Waals surface area (Å²) < 4.78 is 14.4. The number of aromatic nitrogens is 1. The average molecular weight is 466 g/mol. The first-order valence-corrected chi connectivity index (χ1v) is 10.4. The minimum atomic E-state index is -1.02. The fraction of sp³-hybridized carbons (Fsp3) is 0.174. The molecule has 176 valence electrons. The normalized spacial score (nSPS) is 13.0. The largest absolute Gasteiger partial charge is 0.508 e. The highest BCUT2D eigenvalue weighted by Crippen LogP contribution is 2.36. The Balaban J connectivity index is 1.60. The van der Waals surface area contributed by atoms with Gasteiger partial charge in [-0.2, -0.15) is 0 Å². The Morgan fingerprint density at radius 3 is 2.74 bits per heavy atom. The van der Waals surface area contributed by atoms with Crippen LogP contribution in [0.15, 0.2) is 42.6 Å². The van der Waals surface area contributed by atoms with Gasteiger partial charge in [0.05, 0.1) is 29.4 Å². The number of pyridine rings is 1. The molecule has 0 fully saturated rings. The van der Waals surface area contributed by atoms with Crippen molar-refractivity contribution in [3.05, 3.63) is 65.1 Å². The van der Waals surface area contributed by atoms with Crippen molar-refractivity contribution in [1.82, 2.24) is 10.3 Å². The third kappa shape index (κ3) is 4.60. The van der Waals surface area contributed by atoms with Crippen LogP contribution in [0.4, 0.5) is 33.0 Å². The van der Waals surface area contributed by atoms with Gasteiger partial charge in [0.2, 0.25) is 5.91 Å². The number of amides is 2. The zero-order valence-corrected chi connectivity index (χ0v) is 18.1. The molecule has 3 aromatic rings. The number of halogens is 1. The molecule has 34 heavy (non-hydrogen) atoms. The number of benzene rings is 2. The quantitative estimate of drug-likeness (QED) is 0.291. The van der Waals surface area contributed by atoms with Crippen LogP contribution in [-0.4, -0.2) is 39.7 Å². The highest BCUT2D eigenvalue weighted by Gasteiger charge is 2.24. The molecule has 11 heteroatoms. The van der Waals surface area contributed by atoms with E-state index >= 15 is 0 Å². The molecule has 8 N–H and O–H groups in total. The molecular weight excluding hydrogens is 443 g/mol. The van der Waals surface area contributed by atoms with Crippen molar-refractivity contribution in [3.63, 3.8) is 0 Å². The molecule has 1 aromatic heterocycles. The van der Waals surface area contributed by atoms with Crippen LogP contribution in [0, 0.1) is 12.7 Å². The maximum atomic E-state index is 14.4. The second-order valence-corrected chi connectivity index (χ2v) is 7.79. The van der Waals surface area contributed by atoms with Crippen LogP contribution in [0.5, 0.6) is 5.75 Å². The van der Waals surface area contributed by atoms with Crippen LogP contribution >= 0.6 is 0 Å². The van der Waals surface area contributed by atoms with Gasteiger partial charge in [0, 0.05) is 18.8 Å². The molecule has 0 aliphatic carbocycles. The van der Waals surface area contributed by atoms with E-state index in [4.69, 9.17) is 10.8 Å². The minimum absolute atomic E-state index is 0.00479. The van der Waals surface area contributed by atoms with Gasteiger partial charge in [0.15, 0.2) is 0 Å². The molecule has 1 aliphatic heterocycles. The van der Waals surface area contributed by atoms with Gasteiger partial charge < -0.3 is 37.2 Å². The Hall–Kier alpha value is -4.22. The molecule has 0 saturated heterocycles. The van der Waals surface area contributed by atoms with E-state index in [2.05, 4.69) is 26.3 Å². The SMILES string of the molecule is Cc1cc(F)c(Nc2ccnc3c2C(=O)Nc2cc(CNC(=O)[C@@H](N)CO)ccc2N3)cc1O. The Labute approximate surface area is 194 Å². The Morgan fingerprint density at radius 2 is 1.97 bits per heavy atom. The second-order valence-electron chi connectivity index (χ2n) is 7.79. The fourth-order valence-electron chi connectivity index (χ4n) is 3.42. The van der Waals surface area contributed by atoms with Crippen molar-refractivity contribution in [1.29, 1.82) is 0 Å². The molecule has 2 aromatic carbocycles. The lowest BCUT2D eigenvalue weighted by Crippen LogP contribution is -2.42. The number of phenolic OH excluding ortho intramolecular Hbond substituents is 1. The summed E-state index contributed by atoms with van der Waals surface area (Å²) in [5.74, 6) is -1.40. The fourth-order valence-corrected chi connectivity index (χ4v) is 3.42. The van der Waals surface area contributed by atoms with Gasteiger partial charge >= 0.3 is 0 Å². The van der Waals surface area contributed by atoms with Gasteiger partial charge in [-0.15, -0.1) is 0 Å². The van der Waals surface area contributed by atoms with Crippen molar-refractivity contribution in [3.8, 4) is 5.75 Å². The van der Waals surface area contributed by atoms with Crippen molar-refractivity contribution in [2.45, 2.75) is 19.5 Å². The van der Waals surface area contributed by atoms with E-state index < -0.39 is 30.3 Å². The Morgan fingerprint density at radius 1 is 1.18 bits per heavy atom. The van der Waals surface area contributed by atoms with E-state index in [1.807, 2.05) is 0 Å². The number of nitrogens with two attached hydrogens (primary N) is 1. The standard InChI is InChI=1S/C23H23FN6O4/c1-11-6-13(24)17(8-19(11)32)28-16-4-5-26-21-20(16)23(34)30-18-7-12(2-3-15(18)29-21)9-27-22(33)14(25)10-31/h2-8,14,31-32H,9-10,25H2,1H3,(H,27,33)(H,30,34)(H2,26,28,29)/t14-/m0/s1. The number of hydrogen-bond acceptors (Lipinski definition) is 8. The predicted octanol–water partition coefficient (Wildman–Crippen LogP) is 2.22. The topological polar surface area (TPSA) is 162 Å². The Bertz CT molecular complexity index is 1280.